The van der Waals surface area contributed by atoms with Crippen molar-refractivity contribution < 1.29 is 22.4 Å². The van der Waals surface area contributed by atoms with Crippen molar-refractivity contribution in [2.75, 3.05) is 32.7 Å². The topological polar surface area (TPSA) is 35.6 Å². The first-order valence-corrected chi connectivity index (χ1v) is 8.25. The van der Waals surface area contributed by atoms with Gasteiger partial charge >= 0.3 is 6.18 Å². The number of benzene rings is 1. The summed E-state index contributed by atoms with van der Waals surface area (Å²) < 4.78 is 51.9. The maximum absolute atomic E-state index is 13.1. The molecule has 0 aromatic heterocycles. The maximum atomic E-state index is 13.1. The molecule has 8 heteroatoms. The van der Waals surface area contributed by atoms with Crippen molar-refractivity contribution in [3.63, 3.8) is 0 Å². The summed E-state index contributed by atoms with van der Waals surface area (Å²) in [6.45, 7) is 7.31. The summed E-state index contributed by atoms with van der Waals surface area (Å²) in [5.41, 5.74) is -1.20. The Balaban J connectivity index is 1.87. The van der Waals surface area contributed by atoms with E-state index in [1.807, 2.05) is 4.90 Å². The molecule has 1 aliphatic heterocycles. The molecule has 0 bridgehead atoms. The van der Waals surface area contributed by atoms with E-state index >= 15 is 0 Å². The number of carbonyl (C=O) groups excluding carboxylic acids is 1. The summed E-state index contributed by atoms with van der Waals surface area (Å²) in [4.78, 5) is 16.3. The van der Waals surface area contributed by atoms with E-state index in [-0.39, 0.29) is 24.6 Å². The Morgan fingerprint density at radius 1 is 1.20 bits per heavy atom. The molecular weight excluding hydrogens is 338 g/mol. The van der Waals surface area contributed by atoms with Crippen molar-refractivity contribution >= 4 is 5.91 Å². The van der Waals surface area contributed by atoms with Crippen molar-refractivity contribution in [1.82, 2.24) is 15.1 Å². The first-order chi connectivity index (χ1) is 11.7. The summed E-state index contributed by atoms with van der Waals surface area (Å²) in [5, 5.41) is 2.50. The molecule has 1 aromatic rings. The first-order valence-electron chi connectivity index (χ1n) is 8.25. The molecular formula is C17H23F4N3O. The Hall–Kier alpha value is -1.67. The molecule has 0 saturated carbocycles. The highest BCUT2D eigenvalue weighted by Gasteiger charge is 2.33. The van der Waals surface area contributed by atoms with Gasteiger partial charge in [0.15, 0.2) is 0 Å². The van der Waals surface area contributed by atoms with Crippen LogP contribution in [0, 0.1) is 5.82 Å². The third-order valence-corrected chi connectivity index (χ3v) is 4.36. The number of nitrogens with zero attached hydrogens (tertiary/aromatic N) is 2. The van der Waals surface area contributed by atoms with Crippen molar-refractivity contribution in [2.24, 2.45) is 0 Å². The number of halogens is 4. The smallest absolute Gasteiger partial charge is 0.351 e. The lowest BCUT2D eigenvalue weighted by Crippen LogP contribution is -2.51. The monoisotopic (exact) mass is 361 g/mol. The third kappa shape index (κ3) is 5.67. The van der Waals surface area contributed by atoms with E-state index < -0.39 is 17.6 Å². The second kappa shape index (κ2) is 8.14. The normalized spacial score (nSPS) is 17.1. The predicted molar refractivity (Wildman–Crippen MR) is 86.4 cm³/mol. The van der Waals surface area contributed by atoms with Crippen LogP contribution >= 0.6 is 0 Å². The summed E-state index contributed by atoms with van der Waals surface area (Å²) in [6.07, 6.45) is -4.66. The van der Waals surface area contributed by atoms with Crippen LogP contribution in [0.3, 0.4) is 0 Å². The van der Waals surface area contributed by atoms with E-state index in [4.69, 9.17) is 0 Å². The molecule has 140 valence electrons. The van der Waals surface area contributed by atoms with Crippen LogP contribution in [-0.2, 0) is 17.5 Å². The SMILES string of the molecule is CC(C)N1CCN(CC(=O)NCc2ccc(F)cc2C(F)(F)F)CC1. The van der Waals surface area contributed by atoms with Crippen LogP contribution in [0.15, 0.2) is 18.2 Å². The van der Waals surface area contributed by atoms with Crippen LogP contribution in [0.4, 0.5) is 17.6 Å². The molecule has 0 spiro atoms. The zero-order chi connectivity index (χ0) is 18.6. The lowest BCUT2D eigenvalue weighted by atomic mass is 10.1. The van der Waals surface area contributed by atoms with Crippen LogP contribution in [0.25, 0.3) is 0 Å². The number of alkyl halides is 3. The van der Waals surface area contributed by atoms with E-state index in [0.29, 0.717) is 12.1 Å². The molecule has 2 rings (SSSR count). The lowest BCUT2D eigenvalue weighted by Gasteiger charge is -2.36. The zero-order valence-corrected chi connectivity index (χ0v) is 14.4. The molecule has 1 amide bonds. The van der Waals surface area contributed by atoms with Gasteiger partial charge in [-0.3, -0.25) is 14.6 Å². The van der Waals surface area contributed by atoms with Crippen molar-refractivity contribution in [3.8, 4) is 0 Å². The van der Waals surface area contributed by atoms with Gasteiger partial charge in [-0.15, -0.1) is 0 Å². The van der Waals surface area contributed by atoms with Gasteiger partial charge < -0.3 is 5.32 Å². The minimum Gasteiger partial charge on any atom is -0.351 e. The van der Waals surface area contributed by atoms with Gasteiger partial charge in [0, 0.05) is 38.8 Å². The second-order valence-corrected chi connectivity index (χ2v) is 6.48. The third-order valence-electron chi connectivity index (χ3n) is 4.36. The molecule has 0 radical (unpaired) electrons. The fourth-order valence-electron chi connectivity index (χ4n) is 2.86. The van der Waals surface area contributed by atoms with Gasteiger partial charge in [-0.2, -0.15) is 13.2 Å². The van der Waals surface area contributed by atoms with E-state index in [1.54, 1.807) is 0 Å². The van der Waals surface area contributed by atoms with Crippen molar-refractivity contribution in [3.05, 3.63) is 35.1 Å². The molecule has 0 atom stereocenters. The molecule has 1 heterocycles. The van der Waals surface area contributed by atoms with E-state index in [1.165, 1.54) is 0 Å². The largest absolute Gasteiger partial charge is 0.416 e. The molecule has 4 nitrogen and oxygen atoms in total. The number of nitrogens with one attached hydrogen (secondary N) is 1. The van der Waals surface area contributed by atoms with Gasteiger partial charge in [0.2, 0.25) is 5.91 Å². The van der Waals surface area contributed by atoms with Gasteiger partial charge in [0.05, 0.1) is 12.1 Å². The second-order valence-electron chi connectivity index (χ2n) is 6.48. The summed E-state index contributed by atoms with van der Waals surface area (Å²) in [6, 6.07) is 2.92. The van der Waals surface area contributed by atoms with Gasteiger partial charge in [-0.25, -0.2) is 4.39 Å². The van der Waals surface area contributed by atoms with Crippen LogP contribution < -0.4 is 5.32 Å². The Bertz CT molecular complexity index is 596. The minimum absolute atomic E-state index is 0.146. The highest BCUT2D eigenvalue weighted by molar-refractivity contribution is 5.78. The average Bonchev–Trinajstić information content (AvgIpc) is 2.53. The molecule has 0 unspecified atom stereocenters. The standard InChI is InChI=1S/C17H23F4N3O/c1-12(2)24-7-5-23(6-8-24)11-16(25)22-10-13-3-4-14(18)9-15(13)17(19,20)21/h3-4,9,12H,5-8,10-11H2,1-2H3,(H,22,25). The van der Waals surface area contributed by atoms with Gasteiger partial charge in [0.25, 0.3) is 0 Å². The number of hydrogen-bond acceptors (Lipinski definition) is 3. The number of carbonyl (C=O) groups is 1. The van der Waals surface area contributed by atoms with E-state index in [2.05, 4.69) is 24.1 Å². The van der Waals surface area contributed by atoms with Gasteiger partial charge in [-0.1, -0.05) is 6.07 Å². The van der Waals surface area contributed by atoms with E-state index in [9.17, 15) is 22.4 Å². The molecule has 0 aliphatic carbocycles. The Kier molecular flexibility index (Phi) is 6.40. The summed E-state index contributed by atoms with van der Waals surface area (Å²) in [7, 11) is 0. The zero-order valence-electron chi connectivity index (χ0n) is 14.4. The van der Waals surface area contributed by atoms with Crippen LogP contribution in [0.2, 0.25) is 0 Å². The summed E-state index contributed by atoms with van der Waals surface area (Å²) in [5.74, 6) is -1.29. The Morgan fingerprint density at radius 3 is 2.40 bits per heavy atom. The fourth-order valence-corrected chi connectivity index (χ4v) is 2.86. The van der Waals surface area contributed by atoms with Crippen LogP contribution in [0.5, 0.6) is 0 Å². The Morgan fingerprint density at radius 2 is 1.84 bits per heavy atom. The predicted octanol–water partition coefficient (Wildman–Crippen LogP) is 2.49. The molecule has 1 fully saturated rings. The van der Waals surface area contributed by atoms with Crippen LogP contribution in [0.1, 0.15) is 25.0 Å². The lowest BCUT2D eigenvalue weighted by molar-refractivity contribution is -0.138. The highest BCUT2D eigenvalue weighted by atomic mass is 19.4. The molecule has 25 heavy (non-hydrogen) atoms. The maximum Gasteiger partial charge on any atom is 0.416 e. The number of hydrogen-bond donors (Lipinski definition) is 1. The fraction of sp³-hybridized carbons (Fsp3) is 0.588. The van der Waals surface area contributed by atoms with Gasteiger partial charge in [-0.05, 0) is 31.5 Å². The quantitative estimate of drug-likeness (QED) is 0.819. The van der Waals surface area contributed by atoms with Crippen molar-refractivity contribution in [2.45, 2.75) is 32.6 Å². The van der Waals surface area contributed by atoms with E-state index in [0.717, 1.165) is 38.3 Å². The highest BCUT2D eigenvalue weighted by Crippen LogP contribution is 2.32. The average molecular weight is 361 g/mol. The van der Waals surface area contributed by atoms with Crippen molar-refractivity contribution in [1.29, 1.82) is 0 Å². The Labute approximate surface area is 144 Å². The number of piperazine rings is 1. The van der Waals surface area contributed by atoms with Crippen LogP contribution in [-0.4, -0.2) is 54.5 Å². The van der Waals surface area contributed by atoms with Gasteiger partial charge in [0.1, 0.15) is 5.82 Å². The molecule has 1 N–H and O–H groups in total. The molecule has 1 aliphatic rings. The minimum atomic E-state index is -4.66. The number of rotatable bonds is 5. The number of amides is 1. The summed E-state index contributed by atoms with van der Waals surface area (Å²) >= 11 is 0. The first kappa shape index (κ1) is 19.7. The molecule has 1 aromatic carbocycles. The molecule has 1 saturated heterocycles.